The van der Waals surface area contributed by atoms with Crippen molar-refractivity contribution in [2.75, 3.05) is 13.2 Å². The molecule has 1 aliphatic carbocycles. The molecule has 3 rings (SSSR count). The fourth-order valence-corrected chi connectivity index (χ4v) is 3.40. The van der Waals surface area contributed by atoms with Gasteiger partial charge in [-0.2, -0.15) is 0 Å². The van der Waals surface area contributed by atoms with Gasteiger partial charge in [0.25, 0.3) is 0 Å². The van der Waals surface area contributed by atoms with Crippen LogP contribution in [0.25, 0.3) is 0 Å². The summed E-state index contributed by atoms with van der Waals surface area (Å²) in [6.07, 6.45) is 6.19. The van der Waals surface area contributed by atoms with Crippen LogP contribution in [0.2, 0.25) is 0 Å². The van der Waals surface area contributed by atoms with Crippen molar-refractivity contribution in [3.63, 3.8) is 0 Å². The number of rotatable bonds is 2. The average molecular weight is 261 g/mol. The van der Waals surface area contributed by atoms with E-state index in [1.165, 1.54) is 18.5 Å². The zero-order valence-electron chi connectivity index (χ0n) is 11.9. The van der Waals surface area contributed by atoms with Gasteiger partial charge in [0.15, 0.2) is 5.78 Å². The molecule has 0 aromatic carbocycles. The number of nitrogens with zero attached hydrogens (tertiary/aromatic N) is 1. The molecular formula is C16H23NO2. The van der Waals surface area contributed by atoms with Crippen molar-refractivity contribution in [2.24, 2.45) is 11.3 Å². The highest BCUT2D eigenvalue weighted by Gasteiger charge is 2.33. The van der Waals surface area contributed by atoms with E-state index in [0.717, 1.165) is 31.7 Å². The van der Waals surface area contributed by atoms with E-state index in [-0.39, 0.29) is 5.41 Å². The number of ketones is 1. The first kappa shape index (κ1) is 12.9. The summed E-state index contributed by atoms with van der Waals surface area (Å²) >= 11 is 0. The molecule has 0 N–H and O–H groups in total. The molecule has 1 aromatic rings. The molecule has 0 bridgehead atoms. The lowest BCUT2D eigenvalue weighted by molar-refractivity contribution is 0.0479. The number of ether oxygens (including phenoxy) is 1. The highest BCUT2D eigenvalue weighted by Crippen LogP contribution is 2.35. The number of hydrogen-bond acceptors (Lipinski definition) is 2. The van der Waals surface area contributed by atoms with Crippen molar-refractivity contribution in [3.8, 4) is 0 Å². The summed E-state index contributed by atoms with van der Waals surface area (Å²) in [6, 6.07) is 2.01. The summed E-state index contributed by atoms with van der Waals surface area (Å²) in [5.41, 5.74) is 2.30. The Morgan fingerprint density at radius 3 is 3.00 bits per heavy atom. The number of carbonyl (C=O) groups is 1. The predicted molar refractivity (Wildman–Crippen MR) is 74.4 cm³/mol. The zero-order chi connectivity index (χ0) is 13.5. The molecule has 0 saturated carbocycles. The molecule has 3 nitrogen and oxygen atoms in total. The lowest BCUT2D eigenvalue weighted by Gasteiger charge is -2.31. The number of aromatic nitrogens is 1. The standard InChI is InChI=1S/C16H23NO2/c1-16(2)8-14-13(15(18)9-16)5-6-17(14)10-12-4-3-7-19-11-12/h5-6,12H,3-4,7-11H2,1-2H3. The first-order valence-electron chi connectivity index (χ1n) is 7.34. The van der Waals surface area contributed by atoms with Gasteiger partial charge in [0.1, 0.15) is 0 Å². The van der Waals surface area contributed by atoms with Crippen LogP contribution in [0.4, 0.5) is 0 Å². The van der Waals surface area contributed by atoms with Crippen LogP contribution in [0.5, 0.6) is 0 Å². The Bertz CT molecular complexity index is 481. The van der Waals surface area contributed by atoms with Crippen LogP contribution in [0.3, 0.4) is 0 Å². The van der Waals surface area contributed by atoms with E-state index in [1.54, 1.807) is 0 Å². The van der Waals surface area contributed by atoms with Gasteiger partial charge < -0.3 is 9.30 Å². The highest BCUT2D eigenvalue weighted by molar-refractivity contribution is 5.98. The van der Waals surface area contributed by atoms with Crippen LogP contribution in [-0.2, 0) is 17.7 Å². The summed E-state index contributed by atoms with van der Waals surface area (Å²) in [6.45, 7) is 7.15. The third-order valence-corrected chi connectivity index (χ3v) is 4.37. The first-order chi connectivity index (χ1) is 9.05. The van der Waals surface area contributed by atoms with E-state index in [0.29, 0.717) is 18.1 Å². The van der Waals surface area contributed by atoms with Gasteiger partial charge in [-0.25, -0.2) is 0 Å². The molecule has 104 valence electrons. The zero-order valence-corrected chi connectivity index (χ0v) is 11.9. The molecule has 0 amide bonds. The molecule has 1 unspecified atom stereocenters. The van der Waals surface area contributed by atoms with Gasteiger partial charge in [0.2, 0.25) is 0 Å². The SMILES string of the molecule is CC1(C)CC(=O)c2ccn(CC3CCCOC3)c2C1. The van der Waals surface area contributed by atoms with Gasteiger partial charge in [-0.05, 0) is 30.7 Å². The Morgan fingerprint density at radius 1 is 1.42 bits per heavy atom. The van der Waals surface area contributed by atoms with Crippen LogP contribution >= 0.6 is 0 Å². The molecular weight excluding hydrogens is 238 g/mol. The van der Waals surface area contributed by atoms with Crippen LogP contribution < -0.4 is 0 Å². The van der Waals surface area contributed by atoms with Crippen molar-refractivity contribution in [3.05, 3.63) is 23.5 Å². The van der Waals surface area contributed by atoms with Crippen molar-refractivity contribution >= 4 is 5.78 Å². The monoisotopic (exact) mass is 261 g/mol. The van der Waals surface area contributed by atoms with Gasteiger partial charge in [-0.3, -0.25) is 4.79 Å². The Balaban J connectivity index is 1.82. The maximum Gasteiger partial charge on any atom is 0.165 e. The Labute approximate surface area is 114 Å². The minimum Gasteiger partial charge on any atom is -0.381 e. The second-order valence-electron chi connectivity index (χ2n) is 6.85. The van der Waals surface area contributed by atoms with Gasteiger partial charge in [-0.15, -0.1) is 0 Å². The third-order valence-electron chi connectivity index (χ3n) is 4.37. The molecule has 1 saturated heterocycles. The topological polar surface area (TPSA) is 31.2 Å². The van der Waals surface area contributed by atoms with Crippen molar-refractivity contribution in [2.45, 2.75) is 46.1 Å². The molecule has 0 radical (unpaired) electrons. The summed E-state index contributed by atoms with van der Waals surface area (Å²) in [4.78, 5) is 12.2. The maximum absolute atomic E-state index is 12.2. The summed E-state index contributed by atoms with van der Waals surface area (Å²) in [7, 11) is 0. The van der Waals surface area contributed by atoms with Gasteiger partial charge >= 0.3 is 0 Å². The average Bonchev–Trinajstić information content (AvgIpc) is 2.72. The maximum atomic E-state index is 12.2. The van der Waals surface area contributed by atoms with E-state index in [9.17, 15) is 4.79 Å². The molecule has 1 aliphatic heterocycles. The Hall–Kier alpha value is -1.09. The smallest absolute Gasteiger partial charge is 0.165 e. The van der Waals surface area contributed by atoms with E-state index in [2.05, 4.69) is 24.6 Å². The van der Waals surface area contributed by atoms with Gasteiger partial charge in [0, 0.05) is 42.9 Å². The number of fused-ring (bicyclic) bond motifs is 1. The van der Waals surface area contributed by atoms with Gasteiger partial charge in [0.05, 0.1) is 6.61 Å². The first-order valence-corrected chi connectivity index (χ1v) is 7.34. The molecule has 1 aromatic heterocycles. The van der Waals surface area contributed by atoms with Crippen molar-refractivity contribution in [1.29, 1.82) is 0 Å². The van der Waals surface area contributed by atoms with E-state index < -0.39 is 0 Å². The molecule has 3 heteroatoms. The number of hydrogen-bond donors (Lipinski definition) is 0. The Morgan fingerprint density at radius 2 is 2.26 bits per heavy atom. The van der Waals surface area contributed by atoms with Crippen molar-refractivity contribution in [1.82, 2.24) is 4.57 Å². The third kappa shape index (κ3) is 2.62. The number of carbonyl (C=O) groups excluding carboxylic acids is 1. The molecule has 0 spiro atoms. The fourth-order valence-electron chi connectivity index (χ4n) is 3.40. The molecule has 2 aliphatic rings. The van der Waals surface area contributed by atoms with E-state index >= 15 is 0 Å². The molecule has 19 heavy (non-hydrogen) atoms. The summed E-state index contributed by atoms with van der Waals surface area (Å²) in [5, 5.41) is 0. The second kappa shape index (κ2) is 4.78. The molecule has 1 fully saturated rings. The van der Waals surface area contributed by atoms with Crippen LogP contribution in [0.15, 0.2) is 12.3 Å². The summed E-state index contributed by atoms with van der Waals surface area (Å²) < 4.78 is 7.86. The molecule has 1 atom stereocenters. The lowest BCUT2D eigenvalue weighted by Crippen LogP contribution is -2.29. The Kier molecular flexibility index (Phi) is 3.25. The van der Waals surface area contributed by atoms with Crippen LogP contribution in [0, 0.1) is 11.3 Å². The minimum atomic E-state index is 0.100. The predicted octanol–water partition coefficient (Wildman–Crippen LogP) is 3.07. The van der Waals surface area contributed by atoms with Crippen LogP contribution in [0.1, 0.15) is 49.2 Å². The van der Waals surface area contributed by atoms with Crippen molar-refractivity contribution < 1.29 is 9.53 Å². The quantitative estimate of drug-likeness (QED) is 0.819. The lowest BCUT2D eigenvalue weighted by atomic mass is 9.76. The normalized spacial score (nSPS) is 26.2. The van der Waals surface area contributed by atoms with E-state index in [4.69, 9.17) is 4.74 Å². The summed E-state index contributed by atoms with van der Waals surface area (Å²) in [5.74, 6) is 0.912. The highest BCUT2D eigenvalue weighted by atomic mass is 16.5. The largest absolute Gasteiger partial charge is 0.381 e. The second-order valence-corrected chi connectivity index (χ2v) is 6.85. The fraction of sp³-hybridized carbons (Fsp3) is 0.688. The molecule has 2 heterocycles. The van der Waals surface area contributed by atoms with E-state index in [1.807, 2.05) is 6.07 Å². The number of Topliss-reactive ketones (excluding diaryl/α,β-unsaturated/α-hetero) is 1. The minimum absolute atomic E-state index is 0.100. The van der Waals surface area contributed by atoms with Crippen LogP contribution in [-0.4, -0.2) is 23.6 Å². The van der Waals surface area contributed by atoms with Gasteiger partial charge in [-0.1, -0.05) is 13.8 Å².